The summed E-state index contributed by atoms with van der Waals surface area (Å²) in [4.78, 5) is 28.0. The maximum atomic E-state index is 12.4. The molecule has 2 aromatic carbocycles. The molecule has 1 fully saturated rings. The van der Waals surface area contributed by atoms with E-state index in [0.717, 1.165) is 24.5 Å². The summed E-state index contributed by atoms with van der Waals surface area (Å²) in [5, 5.41) is 12.3. The fraction of sp³-hybridized carbons (Fsp3) is 0.300. The number of halogens is 1. The number of hydrogen-bond donors (Lipinski definition) is 2. The third-order valence-electron chi connectivity index (χ3n) is 4.65. The SMILES string of the molecule is COc1ccccc1N1CCN(CC(=O)Nc2cc(Cl)ccc2C(=O)O)CC1. The Balaban J connectivity index is 1.57. The van der Waals surface area contributed by atoms with Crippen molar-refractivity contribution in [2.75, 3.05) is 50.1 Å². The van der Waals surface area contributed by atoms with E-state index in [1.54, 1.807) is 7.11 Å². The number of nitrogens with zero attached hydrogens (tertiary/aromatic N) is 2. The maximum absolute atomic E-state index is 12.4. The van der Waals surface area contributed by atoms with Crippen LogP contribution in [-0.4, -0.2) is 61.7 Å². The van der Waals surface area contributed by atoms with Crippen molar-refractivity contribution < 1.29 is 19.4 Å². The minimum atomic E-state index is -1.11. The van der Waals surface area contributed by atoms with Crippen LogP contribution in [0, 0.1) is 0 Å². The number of ether oxygens (including phenoxy) is 1. The van der Waals surface area contributed by atoms with Gasteiger partial charge in [-0.1, -0.05) is 23.7 Å². The number of rotatable bonds is 6. The van der Waals surface area contributed by atoms with Crippen LogP contribution in [0.2, 0.25) is 5.02 Å². The number of piperazine rings is 1. The zero-order valence-electron chi connectivity index (χ0n) is 15.5. The summed E-state index contributed by atoms with van der Waals surface area (Å²) in [6, 6.07) is 12.2. The van der Waals surface area contributed by atoms with Gasteiger partial charge in [-0.15, -0.1) is 0 Å². The van der Waals surface area contributed by atoms with E-state index in [2.05, 4.69) is 10.2 Å². The van der Waals surface area contributed by atoms with Gasteiger partial charge in [-0.3, -0.25) is 9.69 Å². The number of para-hydroxylation sites is 2. The van der Waals surface area contributed by atoms with Crippen molar-refractivity contribution in [2.24, 2.45) is 0 Å². The van der Waals surface area contributed by atoms with Gasteiger partial charge >= 0.3 is 5.97 Å². The molecular weight excluding hydrogens is 382 g/mol. The second-order valence-electron chi connectivity index (χ2n) is 6.48. The van der Waals surface area contributed by atoms with E-state index in [9.17, 15) is 14.7 Å². The van der Waals surface area contributed by atoms with Crippen molar-refractivity contribution in [2.45, 2.75) is 0 Å². The molecule has 0 aromatic heterocycles. The van der Waals surface area contributed by atoms with Crippen molar-refractivity contribution in [3.8, 4) is 5.75 Å². The predicted octanol–water partition coefficient (Wildman–Crippen LogP) is 2.81. The number of amides is 1. The Kier molecular flexibility index (Phi) is 6.38. The Bertz CT molecular complexity index is 866. The molecule has 28 heavy (non-hydrogen) atoms. The van der Waals surface area contributed by atoms with Gasteiger partial charge in [0.1, 0.15) is 5.75 Å². The molecule has 0 aliphatic carbocycles. The molecule has 2 aromatic rings. The first-order valence-corrected chi connectivity index (χ1v) is 9.28. The third-order valence-corrected chi connectivity index (χ3v) is 4.89. The van der Waals surface area contributed by atoms with E-state index in [4.69, 9.17) is 16.3 Å². The largest absolute Gasteiger partial charge is 0.495 e. The molecule has 3 rings (SSSR count). The van der Waals surface area contributed by atoms with Crippen molar-refractivity contribution in [3.05, 3.63) is 53.1 Å². The smallest absolute Gasteiger partial charge is 0.337 e. The van der Waals surface area contributed by atoms with Gasteiger partial charge in [0.25, 0.3) is 0 Å². The van der Waals surface area contributed by atoms with Gasteiger partial charge in [-0.2, -0.15) is 0 Å². The van der Waals surface area contributed by atoms with Crippen molar-refractivity contribution in [3.63, 3.8) is 0 Å². The average molecular weight is 404 g/mol. The number of hydrogen-bond acceptors (Lipinski definition) is 5. The summed E-state index contributed by atoms with van der Waals surface area (Å²) in [5.41, 5.74) is 1.26. The summed E-state index contributed by atoms with van der Waals surface area (Å²) in [6.07, 6.45) is 0. The molecule has 1 heterocycles. The normalized spacial score (nSPS) is 14.6. The Hall–Kier alpha value is -2.77. The van der Waals surface area contributed by atoms with Gasteiger partial charge in [-0.25, -0.2) is 4.79 Å². The molecule has 1 saturated heterocycles. The van der Waals surface area contributed by atoms with Crippen LogP contribution in [0.5, 0.6) is 5.75 Å². The highest BCUT2D eigenvalue weighted by molar-refractivity contribution is 6.31. The number of carboxylic acid groups (broad SMARTS) is 1. The van der Waals surface area contributed by atoms with Crippen LogP contribution in [0.1, 0.15) is 10.4 Å². The molecule has 7 nitrogen and oxygen atoms in total. The number of carbonyl (C=O) groups is 2. The first kappa shape index (κ1) is 20.0. The highest BCUT2D eigenvalue weighted by atomic mass is 35.5. The van der Waals surface area contributed by atoms with E-state index < -0.39 is 5.97 Å². The van der Waals surface area contributed by atoms with Crippen LogP contribution in [0.4, 0.5) is 11.4 Å². The molecule has 0 spiro atoms. The molecule has 1 amide bonds. The van der Waals surface area contributed by atoms with Crippen LogP contribution in [0.3, 0.4) is 0 Å². The summed E-state index contributed by atoms with van der Waals surface area (Å²) in [7, 11) is 1.65. The lowest BCUT2D eigenvalue weighted by atomic mass is 10.1. The molecule has 148 valence electrons. The molecule has 0 atom stereocenters. The highest BCUT2D eigenvalue weighted by Gasteiger charge is 2.22. The average Bonchev–Trinajstić information content (AvgIpc) is 2.68. The number of nitrogens with one attached hydrogen (secondary N) is 1. The summed E-state index contributed by atoms with van der Waals surface area (Å²) in [5.74, 6) is -0.552. The van der Waals surface area contributed by atoms with Crippen molar-refractivity contribution >= 4 is 34.9 Å². The third kappa shape index (κ3) is 4.74. The van der Waals surface area contributed by atoms with Gasteiger partial charge < -0.3 is 20.1 Å². The maximum Gasteiger partial charge on any atom is 0.337 e. The molecule has 0 radical (unpaired) electrons. The zero-order chi connectivity index (χ0) is 20.1. The van der Waals surface area contributed by atoms with Crippen molar-refractivity contribution in [1.29, 1.82) is 0 Å². The second kappa shape index (κ2) is 8.95. The molecule has 0 saturated carbocycles. The first-order valence-electron chi connectivity index (χ1n) is 8.91. The van der Waals surface area contributed by atoms with Crippen LogP contribution < -0.4 is 15.0 Å². The van der Waals surface area contributed by atoms with E-state index in [1.807, 2.05) is 29.2 Å². The molecule has 0 bridgehead atoms. The minimum absolute atomic E-state index is 0.0127. The fourth-order valence-electron chi connectivity index (χ4n) is 3.24. The van der Waals surface area contributed by atoms with Crippen LogP contribution in [-0.2, 0) is 4.79 Å². The van der Waals surface area contributed by atoms with E-state index in [-0.39, 0.29) is 23.7 Å². The second-order valence-corrected chi connectivity index (χ2v) is 6.91. The van der Waals surface area contributed by atoms with Crippen LogP contribution >= 0.6 is 11.6 Å². The molecule has 2 N–H and O–H groups in total. The van der Waals surface area contributed by atoms with Crippen LogP contribution in [0.15, 0.2) is 42.5 Å². The van der Waals surface area contributed by atoms with E-state index in [1.165, 1.54) is 18.2 Å². The number of carboxylic acids is 1. The van der Waals surface area contributed by atoms with Crippen molar-refractivity contribution in [1.82, 2.24) is 4.90 Å². The van der Waals surface area contributed by atoms with Gasteiger partial charge in [0.05, 0.1) is 30.6 Å². The van der Waals surface area contributed by atoms with Gasteiger partial charge in [0.15, 0.2) is 0 Å². The Labute approximate surface area is 168 Å². The number of benzene rings is 2. The summed E-state index contributed by atoms with van der Waals surface area (Å²) in [6.45, 7) is 3.15. The van der Waals surface area contributed by atoms with Gasteiger partial charge in [-0.05, 0) is 30.3 Å². The monoisotopic (exact) mass is 403 g/mol. The lowest BCUT2D eigenvalue weighted by Crippen LogP contribution is -2.48. The number of anilines is 2. The molecular formula is C20H22ClN3O4. The van der Waals surface area contributed by atoms with E-state index in [0.29, 0.717) is 18.1 Å². The van der Waals surface area contributed by atoms with Crippen LogP contribution in [0.25, 0.3) is 0 Å². The number of methoxy groups -OCH3 is 1. The lowest BCUT2D eigenvalue weighted by Gasteiger charge is -2.36. The van der Waals surface area contributed by atoms with E-state index >= 15 is 0 Å². The molecule has 0 unspecified atom stereocenters. The predicted molar refractivity (Wildman–Crippen MR) is 109 cm³/mol. The molecule has 1 aliphatic heterocycles. The minimum Gasteiger partial charge on any atom is -0.495 e. The summed E-state index contributed by atoms with van der Waals surface area (Å²) < 4.78 is 5.42. The topological polar surface area (TPSA) is 82.1 Å². The Morgan fingerprint density at radius 3 is 2.54 bits per heavy atom. The number of carbonyl (C=O) groups excluding carboxylic acids is 1. The lowest BCUT2D eigenvalue weighted by molar-refractivity contribution is -0.117. The fourth-order valence-corrected chi connectivity index (χ4v) is 3.41. The first-order chi connectivity index (χ1) is 13.5. The molecule has 8 heteroatoms. The zero-order valence-corrected chi connectivity index (χ0v) is 16.3. The Morgan fingerprint density at radius 2 is 1.86 bits per heavy atom. The number of aromatic carboxylic acids is 1. The standard InChI is InChI=1S/C20H22ClN3O4/c1-28-18-5-3-2-4-17(18)24-10-8-23(9-11-24)13-19(25)22-16-12-14(21)6-7-15(16)20(26)27/h2-7,12H,8-11,13H2,1H3,(H,22,25)(H,26,27). The quantitative estimate of drug-likeness (QED) is 0.771. The van der Waals surface area contributed by atoms with Gasteiger partial charge in [0.2, 0.25) is 5.91 Å². The Morgan fingerprint density at radius 1 is 1.14 bits per heavy atom. The highest BCUT2D eigenvalue weighted by Crippen LogP contribution is 2.28. The molecule has 1 aliphatic rings. The van der Waals surface area contributed by atoms with Gasteiger partial charge in [0, 0.05) is 31.2 Å². The summed E-state index contributed by atoms with van der Waals surface area (Å²) >= 11 is 5.93.